The first-order valence-corrected chi connectivity index (χ1v) is 6.89. The van der Waals surface area contributed by atoms with Crippen LogP contribution >= 0.6 is 12.2 Å². The van der Waals surface area contributed by atoms with Gasteiger partial charge in [-0.3, -0.25) is 4.90 Å². The van der Waals surface area contributed by atoms with Gasteiger partial charge in [-0.25, -0.2) is 4.68 Å². The Morgan fingerprint density at radius 2 is 2.30 bits per heavy atom. The predicted octanol–water partition coefficient (Wildman–Crippen LogP) is 2.14. The molecule has 0 aromatic carbocycles. The maximum Gasteiger partial charge on any atom is 0.199 e. The third-order valence-corrected chi connectivity index (χ3v) is 3.53. The van der Waals surface area contributed by atoms with E-state index >= 15 is 0 Å². The molecule has 0 saturated heterocycles. The minimum atomic E-state index is 0.650. The van der Waals surface area contributed by atoms with Crippen LogP contribution in [0.2, 0.25) is 0 Å². The van der Waals surface area contributed by atoms with Crippen molar-refractivity contribution >= 4 is 12.2 Å². The van der Waals surface area contributed by atoms with Gasteiger partial charge in [0.15, 0.2) is 16.4 Å². The van der Waals surface area contributed by atoms with E-state index in [4.69, 9.17) is 21.4 Å². The second-order valence-electron chi connectivity index (χ2n) is 4.71. The van der Waals surface area contributed by atoms with Crippen molar-refractivity contribution in [3.05, 3.63) is 23.2 Å². The molecule has 0 saturated carbocycles. The summed E-state index contributed by atoms with van der Waals surface area (Å²) in [6.07, 6.45) is 2.62. The average molecular weight is 296 g/mol. The summed E-state index contributed by atoms with van der Waals surface area (Å²) in [5, 5.41) is 4.53. The molecule has 0 atom stereocenters. The van der Waals surface area contributed by atoms with E-state index in [-0.39, 0.29) is 0 Å². The van der Waals surface area contributed by atoms with Crippen LogP contribution in [0.25, 0.3) is 11.6 Å². The lowest BCUT2D eigenvalue weighted by molar-refractivity contribution is 0.168. The number of aromatic nitrogens is 3. The molecule has 0 aliphatic heterocycles. The van der Waals surface area contributed by atoms with E-state index in [1.165, 1.54) is 0 Å². The molecule has 7 heteroatoms. The molecule has 0 radical (unpaired) electrons. The highest BCUT2D eigenvalue weighted by atomic mass is 32.1. The summed E-state index contributed by atoms with van der Waals surface area (Å²) in [7, 11) is 5.65. The molecule has 0 aliphatic carbocycles. The minimum Gasteiger partial charge on any atom is -0.461 e. The van der Waals surface area contributed by atoms with Crippen molar-refractivity contribution in [3.63, 3.8) is 0 Å². The van der Waals surface area contributed by atoms with Gasteiger partial charge in [-0.2, -0.15) is 0 Å². The van der Waals surface area contributed by atoms with Crippen LogP contribution in [0.3, 0.4) is 0 Å². The molecule has 2 aromatic heterocycles. The third-order valence-electron chi connectivity index (χ3n) is 3.05. The van der Waals surface area contributed by atoms with E-state index in [0.717, 1.165) is 31.2 Å². The molecular weight excluding hydrogens is 276 g/mol. The van der Waals surface area contributed by atoms with Crippen molar-refractivity contribution in [1.82, 2.24) is 19.2 Å². The lowest BCUT2D eigenvalue weighted by Crippen LogP contribution is -2.24. The van der Waals surface area contributed by atoms with Crippen LogP contribution in [0.1, 0.15) is 6.42 Å². The number of rotatable bonds is 7. The first-order valence-electron chi connectivity index (χ1n) is 6.48. The molecule has 2 heterocycles. The van der Waals surface area contributed by atoms with E-state index in [9.17, 15) is 0 Å². The van der Waals surface area contributed by atoms with Crippen LogP contribution in [-0.2, 0) is 18.5 Å². The van der Waals surface area contributed by atoms with Gasteiger partial charge in [-0.1, -0.05) is 0 Å². The first kappa shape index (κ1) is 15.0. The summed E-state index contributed by atoms with van der Waals surface area (Å²) in [5.74, 6) is 1.46. The van der Waals surface area contributed by atoms with E-state index in [0.29, 0.717) is 11.4 Å². The number of furan rings is 1. The van der Waals surface area contributed by atoms with Crippen molar-refractivity contribution in [2.75, 3.05) is 27.3 Å². The first-order chi connectivity index (χ1) is 9.63. The quantitative estimate of drug-likeness (QED) is 0.579. The molecule has 0 fully saturated rings. The fourth-order valence-corrected chi connectivity index (χ4v) is 2.16. The number of hydrogen-bond acceptors (Lipinski definition) is 5. The standard InChI is InChI=1S/C13H20N4O2S/c1-15(7-5-8-18-3)10-17-13(20)16(2)12(14-17)11-6-4-9-19-11/h4,6,9H,5,7-8,10H2,1-3H3. The van der Waals surface area contributed by atoms with Gasteiger partial charge < -0.3 is 13.7 Å². The second-order valence-corrected chi connectivity index (χ2v) is 5.07. The van der Waals surface area contributed by atoms with Crippen LogP contribution in [-0.4, -0.2) is 46.6 Å². The Kier molecular flexibility index (Phi) is 5.11. The lowest BCUT2D eigenvalue weighted by atomic mass is 10.4. The lowest BCUT2D eigenvalue weighted by Gasteiger charge is -2.15. The molecule has 6 nitrogen and oxygen atoms in total. The molecule has 110 valence electrons. The van der Waals surface area contributed by atoms with Gasteiger partial charge in [0.2, 0.25) is 0 Å². The van der Waals surface area contributed by atoms with Crippen LogP contribution in [0.5, 0.6) is 0 Å². The average Bonchev–Trinajstić information content (AvgIpc) is 3.03. The zero-order valence-corrected chi connectivity index (χ0v) is 12.9. The Labute approximate surface area is 123 Å². The smallest absolute Gasteiger partial charge is 0.199 e. The molecule has 0 spiro atoms. The largest absolute Gasteiger partial charge is 0.461 e. The van der Waals surface area contributed by atoms with E-state index in [1.54, 1.807) is 18.1 Å². The van der Waals surface area contributed by atoms with Gasteiger partial charge in [-0.15, -0.1) is 5.10 Å². The highest BCUT2D eigenvalue weighted by molar-refractivity contribution is 7.71. The maximum atomic E-state index is 5.41. The van der Waals surface area contributed by atoms with E-state index in [2.05, 4.69) is 10.00 Å². The number of hydrogen-bond donors (Lipinski definition) is 0. The van der Waals surface area contributed by atoms with Crippen LogP contribution in [0.15, 0.2) is 22.8 Å². The van der Waals surface area contributed by atoms with Crippen molar-refractivity contribution in [2.45, 2.75) is 13.1 Å². The summed E-state index contributed by atoms with van der Waals surface area (Å²) < 4.78 is 14.8. The number of methoxy groups -OCH3 is 1. The molecule has 0 amide bonds. The molecule has 0 N–H and O–H groups in total. The summed E-state index contributed by atoms with van der Waals surface area (Å²) in [6.45, 7) is 2.34. The number of nitrogens with zero attached hydrogens (tertiary/aromatic N) is 4. The Morgan fingerprint density at radius 1 is 1.50 bits per heavy atom. The van der Waals surface area contributed by atoms with Crippen molar-refractivity contribution in [3.8, 4) is 11.6 Å². The Morgan fingerprint density at radius 3 is 2.95 bits per heavy atom. The number of ether oxygens (including phenoxy) is 1. The molecule has 0 aliphatic rings. The molecule has 2 rings (SSSR count). The van der Waals surface area contributed by atoms with E-state index in [1.807, 2.05) is 30.8 Å². The van der Waals surface area contributed by atoms with Gasteiger partial charge in [0.1, 0.15) is 0 Å². The topological polar surface area (TPSA) is 48.4 Å². The Hall–Kier alpha value is -1.44. The van der Waals surface area contributed by atoms with Gasteiger partial charge in [0.05, 0.1) is 12.9 Å². The van der Waals surface area contributed by atoms with Gasteiger partial charge in [0.25, 0.3) is 0 Å². The summed E-state index contributed by atoms with van der Waals surface area (Å²) in [5.41, 5.74) is 0. The van der Waals surface area contributed by atoms with Crippen LogP contribution in [0, 0.1) is 4.77 Å². The minimum absolute atomic E-state index is 0.650. The Balaban J connectivity index is 2.10. The predicted molar refractivity (Wildman–Crippen MR) is 78.9 cm³/mol. The fraction of sp³-hybridized carbons (Fsp3) is 0.538. The summed E-state index contributed by atoms with van der Waals surface area (Å²) in [4.78, 5) is 2.16. The monoisotopic (exact) mass is 296 g/mol. The molecule has 0 bridgehead atoms. The third kappa shape index (κ3) is 3.36. The van der Waals surface area contributed by atoms with Crippen molar-refractivity contribution < 1.29 is 9.15 Å². The Bertz CT molecular complexity index is 588. The van der Waals surface area contributed by atoms with Gasteiger partial charge in [-0.05, 0) is 37.8 Å². The highest BCUT2D eigenvalue weighted by Gasteiger charge is 2.12. The molecule has 0 unspecified atom stereocenters. The van der Waals surface area contributed by atoms with Gasteiger partial charge in [0, 0.05) is 27.3 Å². The van der Waals surface area contributed by atoms with Crippen LogP contribution < -0.4 is 0 Å². The SMILES string of the molecule is COCCCN(C)Cn1nc(-c2ccco2)n(C)c1=S. The van der Waals surface area contributed by atoms with E-state index < -0.39 is 0 Å². The van der Waals surface area contributed by atoms with Crippen LogP contribution in [0.4, 0.5) is 0 Å². The molecule has 2 aromatic rings. The zero-order valence-electron chi connectivity index (χ0n) is 12.1. The summed E-state index contributed by atoms with van der Waals surface area (Å²) in [6, 6.07) is 3.72. The highest BCUT2D eigenvalue weighted by Crippen LogP contribution is 2.17. The van der Waals surface area contributed by atoms with Crippen molar-refractivity contribution in [2.24, 2.45) is 7.05 Å². The normalized spacial score (nSPS) is 11.4. The molecular formula is C13H20N4O2S. The van der Waals surface area contributed by atoms with Crippen molar-refractivity contribution in [1.29, 1.82) is 0 Å². The maximum absolute atomic E-state index is 5.41. The summed E-state index contributed by atoms with van der Waals surface area (Å²) >= 11 is 5.41. The molecule has 20 heavy (non-hydrogen) atoms. The fourth-order valence-electron chi connectivity index (χ4n) is 1.98. The zero-order chi connectivity index (χ0) is 14.5. The second kappa shape index (κ2) is 6.83. The van der Waals surface area contributed by atoms with Gasteiger partial charge >= 0.3 is 0 Å².